The largest absolute Gasteiger partial charge is 0.494 e. The molecule has 0 aliphatic carbocycles. The van der Waals surface area contributed by atoms with Crippen molar-refractivity contribution < 1.29 is 14.3 Å². The molecule has 0 aliphatic heterocycles. The highest BCUT2D eigenvalue weighted by atomic mass is 16.5. The first kappa shape index (κ1) is 17.9. The molecule has 0 atom stereocenters. The van der Waals surface area contributed by atoms with Gasteiger partial charge in [0.25, 0.3) is 5.91 Å². The van der Waals surface area contributed by atoms with Gasteiger partial charge in [-0.3, -0.25) is 4.79 Å². The van der Waals surface area contributed by atoms with E-state index in [1.807, 2.05) is 70.3 Å². The second-order valence-corrected chi connectivity index (χ2v) is 5.65. The van der Waals surface area contributed by atoms with Crippen LogP contribution in [0.5, 0.6) is 11.5 Å². The fraction of sp³-hybridized carbons (Fsp3) is 0.350. The van der Waals surface area contributed by atoms with Gasteiger partial charge < -0.3 is 14.4 Å². The van der Waals surface area contributed by atoms with E-state index in [1.165, 1.54) is 0 Å². The summed E-state index contributed by atoms with van der Waals surface area (Å²) in [6.45, 7) is 7.68. The molecule has 0 bridgehead atoms. The second kappa shape index (κ2) is 8.39. The Bertz CT molecular complexity index is 680. The highest BCUT2D eigenvalue weighted by molar-refractivity contribution is 5.94. The first-order valence-electron chi connectivity index (χ1n) is 8.25. The first-order valence-corrected chi connectivity index (χ1v) is 8.25. The molecule has 0 spiro atoms. The molecule has 24 heavy (non-hydrogen) atoms. The van der Waals surface area contributed by atoms with Gasteiger partial charge in [-0.15, -0.1) is 0 Å². The molecule has 0 saturated heterocycles. The number of hydrogen-bond acceptors (Lipinski definition) is 3. The molecule has 2 aromatic carbocycles. The lowest BCUT2D eigenvalue weighted by Gasteiger charge is -2.18. The van der Waals surface area contributed by atoms with Gasteiger partial charge >= 0.3 is 0 Å². The Morgan fingerprint density at radius 3 is 2.25 bits per heavy atom. The number of ether oxygens (including phenoxy) is 2. The van der Waals surface area contributed by atoms with Gasteiger partial charge in [0.05, 0.1) is 13.2 Å². The number of nitrogens with zero attached hydrogens (tertiary/aromatic N) is 1. The van der Waals surface area contributed by atoms with Crippen LogP contribution in [0, 0.1) is 6.92 Å². The topological polar surface area (TPSA) is 38.8 Å². The van der Waals surface area contributed by atoms with Crippen molar-refractivity contribution >= 4 is 5.91 Å². The van der Waals surface area contributed by atoms with Crippen molar-refractivity contribution in [3.05, 3.63) is 59.2 Å². The predicted molar refractivity (Wildman–Crippen MR) is 95.8 cm³/mol. The molecule has 4 heteroatoms. The van der Waals surface area contributed by atoms with E-state index in [2.05, 4.69) is 0 Å². The average molecular weight is 327 g/mol. The molecule has 2 rings (SSSR count). The van der Waals surface area contributed by atoms with E-state index in [9.17, 15) is 4.79 Å². The quantitative estimate of drug-likeness (QED) is 0.769. The molecule has 4 nitrogen and oxygen atoms in total. The Kier molecular flexibility index (Phi) is 6.24. The standard InChI is InChI=1S/C20H25NO3/c1-5-23-18-10-7-16(8-11-18)14-21(4)20(22)17-9-12-19(24-6-2)15(3)13-17/h7-13H,5-6,14H2,1-4H3. The van der Waals surface area contributed by atoms with Crippen LogP contribution in [-0.2, 0) is 6.54 Å². The predicted octanol–water partition coefficient (Wildman–Crippen LogP) is 4.06. The lowest BCUT2D eigenvalue weighted by Crippen LogP contribution is -2.26. The Hall–Kier alpha value is -2.49. The molecule has 0 aliphatic rings. The van der Waals surface area contributed by atoms with Gasteiger partial charge in [0, 0.05) is 19.2 Å². The Morgan fingerprint density at radius 2 is 1.67 bits per heavy atom. The zero-order chi connectivity index (χ0) is 17.5. The maximum atomic E-state index is 12.6. The summed E-state index contributed by atoms with van der Waals surface area (Å²) in [5, 5.41) is 0. The molecule has 0 N–H and O–H groups in total. The molecule has 0 heterocycles. The van der Waals surface area contributed by atoms with Crippen molar-refractivity contribution in [1.82, 2.24) is 4.90 Å². The Morgan fingerprint density at radius 1 is 1.00 bits per heavy atom. The molecule has 0 radical (unpaired) electrons. The molecule has 0 aromatic heterocycles. The third kappa shape index (κ3) is 4.51. The van der Waals surface area contributed by atoms with Gasteiger partial charge in [0.15, 0.2) is 0 Å². The van der Waals surface area contributed by atoms with E-state index in [0.29, 0.717) is 25.3 Å². The van der Waals surface area contributed by atoms with Crippen molar-refractivity contribution in [3.63, 3.8) is 0 Å². The van der Waals surface area contributed by atoms with Crippen LogP contribution in [0.1, 0.15) is 35.3 Å². The molecule has 1 amide bonds. The van der Waals surface area contributed by atoms with Crippen molar-refractivity contribution in [2.75, 3.05) is 20.3 Å². The number of rotatable bonds is 7. The Balaban J connectivity index is 2.04. The maximum absolute atomic E-state index is 12.6. The van der Waals surface area contributed by atoms with E-state index >= 15 is 0 Å². The van der Waals surface area contributed by atoms with Crippen LogP contribution >= 0.6 is 0 Å². The average Bonchev–Trinajstić information content (AvgIpc) is 2.58. The van der Waals surface area contributed by atoms with Crippen LogP contribution in [0.4, 0.5) is 0 Å². The van der Waals surface area contributed by atoms with E-state index < -0.39 is 0 Å². The third-order valence-electron chi connectivity index (χ3n) is 3.72. The summed E-state index contributed by atoms with van der Waals surface area (Å²) in [6, 6.07) is 13.4. The van der Waals surface area contributed by atoms with Gasteiger partial charge in [-0.2, -0.15) is 0 Å². The highest BCUT2D eigenvalue weighted by Crippen LogP contribution is 2.20. The van der Waals surface area contributed by atoms with Gasteiger partial charge in [0.2, 0.25) is 0 Å². The summed E-state index contributed by atoms with van der Waals surface area (Å²) in [5.74, 6) is 1.66. The maximum Gasteiger partial charge on any atom is 0.253 e. The molecular weight excluding hydrogens is 302 g/mol. The fourth-order valence-corrected chi connectivity index (χ4v) is 2.52. The van der Waals surface area contributed by atoms with Gasteiger partial charge in [-0.25, -0.2) is 0 Å². The van der Waals surface area contributed by atoms with Gasteiger partial charge in [0.1, 0.15) is 11.5 Å². The fourth-order valence-electron chi connectivity index (χ4n) is 2.52. The van der Waals surface area contributed by atoms with E-state index in [1.54, 1.807) is 4.90 Å². The zero-order valence-electron chi connectivity index (χ0n) is 14.8. The lowest BCUT2D eigenvalue weighted by molar-refractivity contribution is 0.0785. The van der Waals surface area contributed by atoms with E-state index in [-0.39, 0.29) is 5.91 Å². The lowest BCUT2D eigenvalue weighted by atomic mass is 10.1. The highest BCUT2D eigenvalue weighted by Gasteiger charge is 2.13. The van der Waals surface area contributed by atoms with Crippen LogP contribution in [0.2, 0.25) is 0 Å². The number of carbonyl (C=O) groups is 1. The minimum atomic E-state index is -0.00460. The molecule has 0 unspecified atom stereocenters. The third-order valence-corrected chi connectivity index (χ3v) is 3.72. The summed E-state index contributed by atoms with van der Waals surface area (Å²) in [5.41, 5.74) is 2.71. The zero-order valence-corrected chi connectivity index (χ0v) is 14.8. The molecule has 0 fully saturated rings. The SMILES string of the molecule is CCOc1ccc(CN(C)C(=O)c2ccc(OCC)c(C)c2)cc1. The van der Waals surface area contributed by atoms with Crippen LogP contribution in [-0.4, -0.2) is 31.1 Å². The summed E-state index contributed by atoms with van der Waals surface area (Å²) in [7, 11) is 1.81. The summed E-state index contributed by atoms with van der Waals surface area (Å²) in [4.78, 5) is 14.3. The van der Waals surface area contributed by atoms with Crippen molar-refractivity contribution in [2.24, 2.45) is 0 Å². The number of hydrogen-bond donors (Lipinski definition) is 0. The van der Waals surface area contributed by atoms with E-state index in [4.69, 9.17) is 9.47 Å². The minimum Gasteiger partial charge on any atom is -0.494 e. The van der Waals surface area contributed by atoms with Crippen LogP contribution in [0.3, 0.4) is 0 Å². The smallest absolute Gasteiger partial charge is 0.253 e. The van der Waals surface area contributed by atoms with Crippen molar-refractivity contribution in [1.29, 1.82) is 0 Å². The molecule has 128 valence electrons. The van der Waals surface area contributed by atoms with Crippen LogP contribution in [0.25, 0.3) is 0 Å². The van der Waals surface area contributed by atoms with Crippen LogP contribution < -0.4 is 9.47 Å². The number of carbonyl (C=O) groups excluding carboxylic acids is 1. The van der Waals surface area contributed by atoms with Crippen molar-refractivity contribution in [2.45, 2.75) is 27.3 Å². The summed E-state index contributed by atoms with van der Waals surface area (Å²) in [6.07, 6.45) is 0. The molecule has 2 aromatic rings. The number of amides is 1. The van der Waals surface area contributed by atoms with E-state index in [0.717, 1.165) is 22.6 Å². The van der Waals surface area contributed by atoms with Gasteiger partial charge in [-0.1, -0.05) is 12.1 Å². The normalized spacial score (nSPS) is 10.3. The van der Waals surface area contributed by atoms with Crippen LogP contribution in [0.15, 0.2) is 42.5 Å². The van der Waals surface area contributed by atoms with Gasteiger partial charge in [-0.05, 0) is 62.2 Å². The summed E-state index contributed by atoms with van der Waals surface area (Å²) < 4.78 is 11.0. The second-order valence-electron chi connectivity index (χ2n) is 5.65. The molecule has 0 saturated carbocycles. The number of aryl methyl sites for hydroxylation is 1. The monoisotopic (exact) mass is 327 g/mol. The minimum absolute atomic E-state index is 0.00460. The number of benzene rings is 2. The Labute approximate surface area is 144 Å². The first-order chi connectivity index (χ1) is 11.5. The molecular formula is C20H25NO3. The summed E-state index contributed by atoms with van der Waals surface area (Å²) >= 11 is 0. The van der Waals surface area contributed by atoms with Crippen molar-refractivity contribution in [3.8, 4) is 11.5 Å².